The predicted molar refractivity (Wildman–Crippen MR) is 107 cm³/mol. The number of pyridine rings is 1. The van der Waals surface area contributed by atoms with Gasteiger partial charge in [-0.25, -0.2) is 0 Å². The molecule has 1 aromatic carbocycles. The fraction of sp³-hybridized carbons (Fsp3) is 0.476. The van der Waals surface area contributed by atoms with Crippen LogP contribution in [-0.2, 0) is 12.3 Å². The molecule has 26 heavy (non-hydrogen) atoms. The molecule has 0 aliphatic carbocycles. The van der Waals surface area contributed by atoms with Crippen molar-refractivity contribution in [2.24, 2.45) is 5.92 Å². The molecule has 138 valence electrons. The first kappa shape index (κ1) is 17.8. The summed E-state index contributed by atoms with van der Waals surface area (Å²) in [7, 11) is 0. The summed E-state index contributed by atoms with van der Waals surface area (Å²) >= 11 is 1.79. The minimum Gasteiger partial charge on any atom is -0.391 e. The van der Waals surface area contributed by atoms with Gasteiger partial charge in [0.05, 0.1) is 6.10 Å². The normalized spacial score (nSPS) is 23.4. The first-order valence-corrected chi connectivity index (χ1v) is 10.6. The van der Waals surface area contributed by atoms with Crippen LogP contribution in [0.15, 0.2) is 53.3 Å². The van der Waals surface area contributed by atoms with Crippen LogP contribution in [0.2, 0.25) is 0 Å². The van der Waals surface area contributed by atoms with Crippen molar-refractivity contribution >= 4 is 11.8 Å². The van der Waals surface area contributed by atoms with Gasteiger partial charge in [-0.05, 0) is 24.0 Å². The van der Waals surface area contributed by atoms with Crippen molar-refractivity contribution in [3.8, 4) is 0 Å². The number of thioether (sulfide) groups is 1. The highest BCUT2D eigenvalue weighted by molar-refractivity contribution is 7.98. The average molecular weight is 371 g/mol. The van der Waals surface area contributed by atoms with E-state index in [0.717, 1.165) is 37.7 Å². The van der Waals surface area contributed by atoms with E-state index in [2.05, 4.69) is 35.2 Å². The van der Waals surface area contributed by atoms with Crippen LogP contribution in [0.5, 0.6) is 0 Å². The maximum atomic E-state index is 12.1. The smallest absolute Gasteiger partial charge is 0.250 e. The molecule has 4 nitrogen and oxygen atoms in total. The molecule has 5 heteroatoms. The number of β-amino-alcohol motifs (C(OH)–C–C–N with tert-alkyl or cyclic N) is 1. The predicted octanol–water partition coefficient (Wildman–Crippen LogP) is 2.56. The lowest BCUT2D eigenvalue weighted by molar-refractivity contribution is 0.0717. The molecule has 1 N–H and O–H groups in total. The molecule has 1 fully saturated rings. The second-order valence-corrected chi connectivity index (χ2v) is 8.60. The molecule has 2 bridgehead atoms. The Balaban J connectivity index is 1.30. The summed E-state index contributed by atoms with van der Waals surface area (Å²) in [5.41, 5.74) is 2.61. The van der Waals surface area contributed by atoms with E-state index in [1.165, 1.54) is 17.7 Å². The van der Waals surface area contributed by atoms with E-state index in [1.807, 2.05) is 16.7 Å². The third kappa shape index (κ3) is 4.05. The lowest BCUT2D eigenvalue weighted by Crippen LogP contribution is -2.49. The standard InChI is InChI=1S/C21H26N2O2S/c24-19(15-26-14-16-5-2-1-3-6-16)13-22-10-17-9-18(12-22)20-7-4-8-21(25)23(20)11-17/h1-8,17-19,24H,9-15H2/t17-,18+,19+/m1/s1. The Kier molecular flexibility index (Phi) is 5.48. The van der Waals surface area contributed by atoms with Gasteiger partial charge in [0.15, 0.2) is 0 Å². The lowest BCUT2D eigenvalue weighted by Gasteiger charge is -2.43. The van der Waals surface area contributed by atoms with Gasteiger partial charge < -0.3 is 9.67 Å². The molecule has 0 spiro atoms. The Morgan fingerprint density at radius 3 is 2.77 bits per heavy atom. The van der Waals surface area contributed by atoms with Gasteiger partial charge in [0.25, 0.3) is 5.56 Å². The second kappa shape index (κ2) is 7.99. The highest BCUT2D eigenvalue weighted by atomic mass is 32.2. The van der Waals surface area contributed by atoms with Crippen LogP contribution in [0.3, 0.4) is 0 Å². The highest BCUT2D eigenvalue weighted by Gasteiger charge is 2.34. The SMILES string of the molecule is O=c1cccc2n1C[C@@H]1C[C@H]2CN(C[C@H](O)CSCc2ccccc2)C1. The lowest BCUT2D eigenvalue weighted by atomic mass is 9.83. The van der Waals surface area contributed by atoms with Gasteiger partial charge in [-0.15, -0.1) is 0 Å². The van der Waals surface area contributed by atoms with Crippen LogP contribution in [0, 0.1) is 5.92 Å². The molecule has 4 rings (SSSR count). The third-order valence-corrected chi connectivity index (χ3v) is 6.60. The van der Waals surface area contributed by atoms with Crippen LogP contribution >= 0.6 is 11.8 Å². The molecule has 2 aromatic rings. The topological polar surface area (TPSA) is 45.5 Å². The maximum absolute atomic E-state index is 12.1. The van der Waals surface area contributed by atoms with Gasteiger partial charge in [-0.1, -0.05) is 36.4 Å². The molecule has 0 unspecified atom stereocenters. The molecule has 3 atom stereocenters. The minimum atomic E-state index is -0.305. The number of aliphatic hydroxyl groups is 1. The van der Waals surface area contributed by atoms with E-state index >= 15 is 0 Å². The van der Waals surface area contributed by atoms with Crippen molar-refractivity contribution < 1.29 is 5.11 Å². The van der Waals surface area contributed by atoms with Crippen LogP contribution in [0.25, 0.3) is 0 Å². The highest BCUT2D eigenvalue weighted by Crippen LogP contribution is 2.34. The zero-order valence-electron chi connectivity index (χ0n) is 15.0. The van der Waals surface area contributed by atoms with Crippen molar-refractivity contribution in [2.45, 2.75) is 30.7 Å². The fourth-order valence-corrected chi connectivity index (χ4v) is 5.31. The monoisotopic (exact) mass is 370 g/mol. The Hall–Kier alpha value is -1.56. The van der Waals surface area contributed by atoms with E-state index < -0.39 is 0 Å². The van der Waals surface area contributed by atoms with Crippen molar-refractivity contribution in [3.63, 3.8) is 0 Å². The number of piperidine rings is 1. The Labute approximate surface area is 158 Å². The summed E-state index contributed by atoms with van der Waals surface area (Å²) < 4.78 is 1.96. The van der Waals surface area contributed by atoms with Gasteiger partial charge in [0.1, 0.15) is 0 Å². The first-order valence-electron chi connectivity index (χ1n) is 9.41. The Bertz CT molecular complexity index is 792. The molecule has 3 heterocycles. The van der Waals surface area contributed by atoms with Gasteiger partial charge >= 0.3 is 0 Å². The second-order valence-electron chi connectivity index (χ2n) is 7.57. The summed E-state index contributed by atoms with van der Waals surface area (Å²) in [6.07, 6.45) is 0.860. The van der Waals surface area contributed by atoms with Crippen LogP contribution in [-0.4, -0.2) is 46.1 Å². The van der Waals surface area contributed by atoms with Gasteiger partial charge in [-0.3, -0.25) is 9.69 Å². The summed E-state index contributed by atoms with van der Waals surface area (Å²) in [5, 5.41) is 10.5. The van der Waals surface area contributed by atoms with E-state index in [4.69, 9.17) is 0 Å². The minimum absolute atomic E-state index is 0.128. The quantitative estimate of drug-likeness (QED) is 0.849. The Morgan fingerprint density at radius 2 is 1.92 bits per heavy atom. The number of aliphatic hydroxyl groups excluding tert-OH is 1. The van der Waals surface area contributed by atoms with E-state index in [9.17, 15) is 9.90 Å². The summed E-state index contributed by atoms with van der Waals surface area (Å²) in [6, 6.07) is 16.0. The van der Waals surface area contributed by atoms with Crippen LogP contribution < -0.4 is 5.56 Å². The van der Waals surface area contributed by atoms with Crippen molar-refractivity contribution in [1.29, 1.82) is 0 Å². The largest absolute Gasteiger partial charge is 0.391 e. The molecule has 0 radical (unpaired) electrons. The number of hydrogen-bond donors (Lipinski definition) is 1. The summed E-state index contributed by atoms with van der Waals surface area (Å²) in [6.45, 7) is 3.48. The summed E-state index contributed by atoms with van der Waals surface area (Å²) in [5.74, 6) is 2.64. The third-order valence-electron chi connectivity index (χ3n) is 5.45. The fourth-order valence-electron chi connectivity index (χ4n) is 4.38. The molecular weight excluding hydrogens is 344 g/mol. The molecule has 0 saturated carbocycles. The average Bonchev–Trinajstić information content (AvgIpc) is 2.63. The van der Waals surface area contributed by atoms with Crippen LogP contribution in [0.1, 0.15) is 23.6 Å². The molecule has 1 saturated heterocycles. The maximum Gasteiger partial charge on any atom is 0.250 e. The van der Waals surface area contributed by atoms with Gasteiger partial charge in [-0.2, -0.15) is 11.8 Å². The zero-order valence-corrected chi connectivity index (χ0v) is 15.8. The number of benzene rings is 1. The van der Waals surface area contributed by atoms with Gasteiger partial charge in [0, 0.05) is 55.4 Å². The number of hydrogen-bond acceptors (Lipinski definition) is 4. The van der Waals surface area contributed by atoms with E-state index in [-0.39, 0.29) is 11.7 Å². The van der Waals surface area contributed by atoms with Crippen molar-refractivity contribution in [2.75, 3.05) is 25.4 Å². The summed E-state index contributed by atoms with van der Waals surface area (Å²) in [4.78, 5) is 14.5. The molecule has 2 aliphatic heterocycles. The zero-order chi connectivity index (χ0) is 17.9. The molecular formula is C21H26N2O2S. The van der Waals surface area contributed by atoms with E-state index in [0.29, 0.717) is 11.8 Å². The molecule has 1 aromatic heterocycles. The van der Waals surface area contributed by atoms with Crippen molar-refractivity contribution in [3.05, 3.63) is 70.1 Å². The number of likely N-dealkylation sites (tertiary alicyclic amines) is 1. The van der Waals surface area contributed by atoms with Crippen LogP contribution in [0.4, 0.5) is 0 Å². The number of nitrogens with zero attached hydrogens (tertiary/aromatic N) is 2. The van der Waals surface area contributed by atoms with Crippen molar-refractivity contribution in [1.82, 2.24) is 9.47 Å². The number of fused-ring (bicyclic) bond motifs is 4. The number of rotatable bonds is 6. The molecule has 2 aliphatic rings. The Morgan fingerprint density at radius 1 is 1.08 bits per heavy atom. The van der Waals surface area contributed by atoms with E-state index in [1.54, 1.807) is 17.8 Å². The van der Waals surface area contributed by atoms with Gasteiger partial charge in [0.2, 0.25) is 0 Å². The number of aromatic nitrogens is 1. The molecule has 0 amide bonds. The first-order chi connectivity index (χ1) is 12.7.